The van der Waals surface area contributed by atoms with Crippen LogP contribution in [0, 0.1) is 0 Å². The first-order chi connectivity index (χ1) is 10.8. The Morgan fingerprint density at radius 1 is 1.36 bits per heavy atom. The van der Waals surface area contributed by atoms with Gasteiger partial charge in [0.25, 0.3) is 0 Å². The van der Waals surface area contributed by atoms with Crippen LogP contribution in [0.4, 0.5) is 0 Å². The Hall–Kier alpha value is -2.28. The summed E-state index contributed by atoms with van der Waals surface area (Å²) < 4.78 is 7.37. The summed E-state index contributed by atoms with van der Waals surface area (Å²) in [7, 11) is 0. The second kappa shape index (κ2) is 7.13. The first-order valence-corrected chi connectivity index (χ1v) is 7.46. The molecular weight excluding hydrogens is 282 g/mol. The molecule has 1 saturated heterocycles. The normalized spacial score (nSPS) is 18.1. The van der Waals surface area contributed by atoms with Crippen molar-refractivity contribution in [2.24, 2.45) is 0 Å². The van der Waals surface area contributed by atoms with E-state index in [1.54, 1.807) is 35.7 Å². The summed E-state index contributed by atoms with van der Waals surface area (Å²) in [6.45, 7) is 1.45. The van der Waals surface area contributed by atoms with Crippen molar-refractivity contribution in [3.8, 4) is 0 Å². The van der Waals surface area contributed by atoms with Crippen LogP contribution >= 0.6 is 0 Å². The second-order valence-corrected chi connectivity index (χ2v) is 5.32. The van der Waals surface area contributed by atoms with Crippen LogP contribution in [0.25, 0.3) is 0 Å². The van der Waals surface area contributed by atoms with Crippen LogP contribution in [0.5, 0.6) is 0 Å². The highest BCUT2D eigenvalue weighted by Gasteiger charge is 2.18. The summed E-state index contributed by atoms with van der Waals surface area (Å²) in [5.74, 6) is 0.658. The second-order valence-electron chi connectivity index (χ2n) is 5.32. The van der Waals surface area contributed by atoms with E-state index in [4.69, 9.17) is 4.74 Å². The minimum absolute atomic E-state index is 0.0126. The minimum Gasteiger partial charge on any atom is -0.370 e. The van der Waals surface area contributed by atoms with Crippen molar-refractivity contribution in [2.75, 3.05) is 6.61 Å². The lowest BCUT2D eigenvalue weighted by Gasteiger charge is -2.21. The highest BCUT2D eigenvalue weighted by molar-refractivity contribution is 5.75. The SMILES string of the molecule is O=C(Cn1ccnc1)NCc1cnc([C@H]2CCCCO2)nc1. The fourth-order valence-corrected chi connectivity index (χ4v) is 2.37. The molecule has 0 unspecified atom stereocenters. The van der Waals surface area contributed by atoms with Crippen LogP contribution in [0.1, 0.15) is 36.8 Å². The number of carbonyl (C=O) groups excluding carboxylic acids is 1. The molecule has 1 atom stereocenters. The molecule has 3 heterocycles. The maximum Gasteiger partial charge on any atom is 0.240 e. The van der Waals surface area contributed by atoms with Gasteiger partial charge in [-0.3, -0.25) is 4.79 Å². The zero-order chi connectivity index (χ0) is 15.2. The molecule has 2 aromatic rings. The first-order valence-electron chi connectivity index (χ1n) is 7.46. The summed E-state index contributed by atoms with van der Waals surface area (Å²) >= 11 is 0. The molecule has 0 saturated carbocycles. The van der Waals surface area contributed by atoms with Gasteiger partial charge in [-0.1, -0.05) is 0 Å². The van der Waals surface area contributed by atoms with E-state index in [9.17, 15) is 4.79 Å². The minimum atomic E-state index is -0.0716. The maximum atomic E-state index is 11.8. The number of carbonyl (C=O) groups is 1. The number of hydrogen-bond acceptors (Lipinski definition) is 5. The lowest BCUT2D eigenvalue weighted by atomic mass is 10.1. The molecule has 116 valence electrons. The van der Waals surface area contributed by atoms with Gasteiger partial charge < -0.3 is 14.6 Å². The van der Waals surface area contributed by atoms with E-state index in [-0.39, 0.29) is 18.6 Å². The Kier molecular flexibility index (Phi) is 4.75. The van der Waals surface area contributed by atoms with Gasteiger partial charge in [-0.2, -0.15) is 0 Å². The van der Waals surface area contributed by atoms with E-state index in [0.717, 1.165) is 37.3 Å². The fourth-order valence-electron chi connectivity index (χ4n) is 2.37. The Bertz CT molecular complexity index is 591. The smallest absolute Gasteiger partial charge is 0.240 e. The van der Waals surface area contributed by atoms with Crippen LogP contribution in [0.15, 0.2) is 31.1 Å². The van der Waals surface area contributed by atoms with Gasteiger partial charge >= 0.3 is 0 Å². The van der Waals surface area contributed by atoms with Crippen molar-refractivity contribution in [2.45, 2.75) is 38.5 Å². The quantitative estimate of drug-likeness (QED) is 0.898. The molecule has 0 bridgehead atoms. The number of nitrogens with one attached hydrogen (secondary N) is 1. The van der Waals surface area contributed by atoms with Crippen molar-refractivity contribution in [1.82, 2.24) is 24.8 Å². The summed E-state index contributed by atoms with van der Waals surface area (Å²) in [5, 5.41) is 2.84. The number of imidazole rings is 1. The number of ether oxygens (including phenoxy) is 1. The Labute approximate surface area is 128 Å². The summed E-state index contributed by atoms with van der Waals surface area (Å²) in [5.41, 5.74) is 0.874. The third-order valence-corrected chi connectivity index (χ3v) is 3.57. The van der Waals surface area contributed by atoms with Crippen molar-refractivity contribution in [3.05, 3.63) is 42.5 Å². The van der Waals surface area contributed by atoms with Gasteiger partial charge in [0.1, 0.15) is 12.6 Å². The van der Waals surface area contributed by atoms with E-state index in [1.165, 1.54) is 0 Å². The third-order valence-electron chi connectivity index (χ3n) is 3.57. The molecule has 0 spiro atoms. The monoisotopic (exact) mass is 301 g/mol. The highest BCUT2D eigenvalue weighted by Crippen LogP contribution is 2.24. The van der Waals surface area contributed by atoms with Crippen LogP contribution < -0.4 is 5.32 Å². The lowest BCUT2D eigenvalue weighted by molar-refractivity contribution is -0.121. The summed E-state index contributed by atoms with van der Waals surface area (Å²) in [4.78, 5) is 24.4. The lowest BCUT2D eigenvalue weighted by Crippen LogP contribution is -2.26. The average molecular weight is 301 g/mol. The molecule has 0 radical (unpaired) electrons. The molecule has 0 aliphatic carbocycles. The van der Waals surface area contributed by atoms with Gasteiger partial charge in [-0.05, 0) is 19.3 Å². The maximum absolute atomic E-state index is 11.8. The number of amides is 1. The van der Waals surface area contributed by atoms with Crippen molar-refractivity contribution in [1.29, 1.82) is 0 Å². The number of hydrogen-bond donors (Lipinski definition) is 1. The predicted molar refractivity (Wildman–Crippen MR) is 78.6 cm³/mol. The Morgan fingerprint density at radius 3 is 2.91 bits per heavy atom. The third kappa shape index (κ3) is 3.88. The Morgan fingerprint density at radius 2 is 2.23 bits per heavy atom. The van der Waals surface area contributed by atoms with Gasteiger partial charge in [-0.15, -0.1) is 0 Å². The van der Waals surface area contributed by atoms with E-state index in [1.807, 2.05) is 0 Å². The average Bonchev–Trinajstić information content (AvgIpc) is 3.07. The van der Waals surface area contributed by atoms with Gasteiger partial charge in [0, 0.05) is 43.5 Å². The zero-order valence-electron chi connectivity index (χ0n) is 12.3. The van der Waals surface area contributed by atoms with Gasteiger partial charge in [0.05, 0.1) is 6.33 Å². The standard InChI is InChI=1S/C15H19N5O2/c21-14(10-20-5-4-16-11-20)17-7-12-8-18-15(19-9-12)13-3-1-2-6-22-13/h4-5,8-9,11,13H,1-3,6-7,10H2,(H,17,21)/t13-/m1/s1. The predicted octanol–water partition coefficient (Wildman–Crippen LogP) is 1.23. The van der Waals surface area contributed by atoms with Crippen molar-refractivity contribution in [3.63, 3.8) is 0 Å². The van der Waals surface area contributed by atoms with Crippen molar-refractivity contribution < 1.29 is 9.53 Å². The molecule has 1 amide bonds. The highest BCUT2D eigenvalue weighted by atomic mass is 16.5. The van der Waals surface area contributed by atoms with E-state index in [0.29, 0.717) is 6.54 Å². The number of nitrogens with zero attached hydrogens (tertiary/aromatic N) is 4. The molecule has 1 aliphatic rings. The van der Waals surface area contributed by atoms with Gasteiger partial charge in [-0.25, -0.2) is 15.0 Å². The largest absolute Gasteiger partial charge is 0.370 e. The van der Waals surface area contributed by atoms with Crippen molar-refractivity contribution >= 4 is 5.91 Å². The Balaban J connectivity index is 1.49. The number of rotatable bonds is 5. The molecule has 1 N–H and O–H groups in total. The van der Waals surface area contributed by atoms with Crippen LogP contribution in [0.3, 0.4) is 0 Å². The molecule has 1 aliphatic heterocycles. The van der Waals surface area contributed by atoms with Crippen LogP contribution in [0.2, 0.25) is 0 Å². The molecule has 0 aromatic carbocycles. The molecular formula is C15H19N5O2. The first kappa shape index (κ1) is 14.6. The molecule has 3 rings (SSSR count). The molecule has 7 nitrogen and oxygen atoms in total. The molecule has 1 fully saturated rings. The van der Waals surface area contributed by atoms with Crippen LogP contribution in [-0.2, 0) is 22.6 Å². The van der Waals surface area contributed by atoms with E-state index in [2.05, 4.69) is 20.3 Å². The summed E-state index contributed by atoms with van der Waals surface area (Å²) in [6, 6.07) is 0. The van der Waals surface area contributed by atoms with Gasteiger partial charge in [0.15, 0.2) is 5.82 Å². The fraction of sp³-hybridized carbons (Fsp3) is 0.467. The molecule has 2 aromatic heterocycles. The zero-order valence-corrected chi connectivity index (χ0v) is 12.3. The van der Waals surface area contributed by atoms with Crippen LogP contribution in [-0.4, -0.2) is 32.0 Å². The van der Waals surface area contributed by atoms with Gasteiger partial charge in [0.2, 0.25) is 5.91 Å². The van der Waals surface area contributed by atoms with E-state index >= 15 is 0 Å². The van der Waals surface area contributed by atoms with E-state index < -0.39 is 0 Å². The topological polar surface area (TPSA) is 81.9 Å². The number of aromatic nitrogens is 4. The molecule has 22 heavy (non-hydrogen) atoms. The summed E-state index contributed by atoms with van der Waals surface area (Å²) in [6.07, 6.45) is 11.8. The molecule has 7 heteroatoms.